The number of pyridine rings is 2. The Balaban J connectivity index is 1.54. The number of aromatic nitrogens is 2. The van der Waals surface area contributed by atoms with Crippen LogP contribution < -0.4 is 15.4 Å². The van der Waals surface area contributed by atoms with Crippen LogP contribution in [0.5, 0.6) is 5.88 Å². The smallest absolute Gasteiger partial charge is 0.271 e. The van der Waals surface area contributed by atoms with Crippen molar-refractivity contribution in [1.29, 1.82) is 0 Å². The first kappa shape index (κ1) is 29.5. The number of unbranched alkanes of at least 4 members (excludes halogenated alkanes) is 2. The minimum Gasteiger partial charge on any atom is -0.481 e. The van der Waals surface area contributed by atoms with E-state index in [-0.39, 0.29) is 24.8 Å². The molecule has 2 aromatic rings. The molecule has 2 heterocycles. The highest BCUT2D eigenvalue weighted by Crippen LogP contribution is 2.18. The van der Waals surface area contributed by atoms with Crippen LogP contribution in [0, 0.1) is 5.92 Å². The molecule has 10 heteroatoms. The van der Waals surface area contributed by atoms with Crippen molar-refractivity contribution < 1.29 is 24.0 Å². The molecule has 0 radical (unpaired) electrons. The van der Waals surface area contributed by atoms with Crippen molar-refractivity contribution >= 4 is 18.2 Å². The highest BCUT2D eigenvalue weighted by atomic mass is 16.7. The molecule has 1 atom stereocenters. The Morgan fingerprint density at radius 2 is 1.90 bits per heavy atom. The van der Waals surface area contributed by atoms with E-state index in [9.17, 15) is 14.4 Å². The fraction of sp³-hybridized carbons (Fsp3) is 0.414. The number of rotatable bonds is 16. The highest BCUT2D eigenvalue weighted by molar-refractivity contribution is 5.93. The fourth-order valence-corrected chi connectivity index (χ4v) is 4.05. The summed E-state index contributed by atoms with van der Waals surface area (Å²) in [6.45, 7) is 2.45. The maximum atomic E-state index is 13.0. The fourth-order valence-electron chi connectivity index (χ4n) is 4.05. The molecule has 0 saturated heterocycles. The summed E-state index contributed by atoms with van der Waals surface area (Å²) in [6.07, 6.45) is 11.9. The number of nitrogens with zero attached hydrogens (tertiary/aromatic N) is 3. The minimum atomic E-state index is -0.473. The van der Waals surface area contributed by atoms with E-state index >= 15 is 0 Å². The number of carbonyl (C=O) groups is 3. The summed E-state index contributed by atoms with van der Waals surface area (Å²) in [5.41, 5.74) is 2.39. The van der Waals surface area contributed by atoms with E-state index in [2.05, 4.69) is 33.6 Å². The first-order chi connectivity index (χ1) is 19.0. The second-order valence-corrected chi connectivity index (χ2v) is 9.16. The normalized spacial score (nSPS) is 13.2. The van der Waals surface area contributed by atoms with Crippen molar-refractivity contribution in [2.75, 3.05) is 26.9 Å². The second-order valence-electron chi connectivity index (χ2n) is 9.16. The number of nitrogens with one attached hydrogen (secondary N) is 2. The third-order valence-electron chi connectivity index (χ3n) is 6.25. The third kappa shape index (κ3) is 9.64. The summed E-state index contributed by atoms with van der Waals surface area (Å²) >= 11 is 0. The van der Waals surface area contributed by atoms with Gasteiger partial charge in [0.25, 0.3) is 5.91 Å². The van der Waals surface area contributed by atoms with Gasteiger partial charge < -0.3 is 15.4 Å². The van der Waals surface area contributed by atoms with Crippen molar-refractivity contribution in [2.45, 2.75) is 45.4 Å². The summed E-state index contributed by atoms with van der Waals surface area (Å²) in [4.78, 5) is 51.8. The molecule has 0 aliphatic heterocycles. The van der Waals surface area contributed by atoms with E-state index in [0.29, 0.717) is 36.7 Å². The summed E-state index contributed by atoms with van der Waals surface area (Å²) in [7, 11) is 1.53. The Morgan fingerprint density at radius 1 is 1.10 bits per heavy atom. The number of hydroxylamine groups is 2. The monoisotopic (exact) mass is 535 g/mol. The molecule has 0 aromatic carbocycles. The molecule has 10 nitrogen and oxygen atoms in total. The lowest BCUT2D eigenvalue weighted by atomic mass is 10.00. The van der Waals surface area contributed by atoms with Crippen LogP contribution in [0.2, 0.25) is 0 Å². The predicted molar refractivity (Wildman–Crippen MR) is 147 cm³/mol. The van der Waals surface area contributed by atoms with E-state index in [1.54, 1.807) is 36.4 Å². The van der Waals surface area contributed by atoms with Gasteiger partial charge in [0.05, 0.1) is 44.2 Å². The third-order valence-corrected chi connectivity index (χ3v) is 6.25. The van der Waals surface area contributed by atoms with Crippen LogP contribution in [-0.2, 0) is 14.4 Å². The number of ether oxygens (including phenoxy) is 1. The first-order valence-electron chi connectivity index (χ1n) is 13.3. The molecular weight excluding hydrogens is 498 g/mol. The lowest BCUT2D eigenvalue weighted by Gasteiger charge is -2.24. The molecule has 2 N–H and O–H groups in total. The number of carbonyl (C=O) groups excluding carboxylic acids is 3. The number of hydrogen-bond donors (Lipinski definition) is 2. The zero-order valence-corrected chi connectivity index (χ0v) is 22.6. The van der Waals surface area contributed by atoms with E-state index in [0.717, 1.165) is 37.7 Å². The number of allylic oxidation sites excluding steroid dienone is 3. The Kier molecular flexibility index (Phi) is 12.1. The molecule has 0 bridgehead atoms. The van der Waals surface area contributed by atoms with E-state index in [4.69, 9.17) is 9.57 Å². The first-order valence-corrected chi connectivity index (χ1v) is 13.3. The molecule has 1 aliphatic rings. The van der Waals surface area contributed by atoms with Gasteiger partial charge in [-0.05, 0) is 43.0 Å². The SMILES string of the molecule is CCCCCC(CN(C=O)OCC1=CC=CCC1)C(=O)NCNC(=O)c1cccc(-c2cccc(OC)n2)n1. The van der Waals surface area contributed by atoms with Gasteiger partial charge in [-0.1, -0.05) is 56.5 Å². The zero-order chi connectivity index (χ0) is 27.9. The number of methoxy groups -OCH3 is 1. The second kappa shape index (κ2) is 16.0. The van der Waals surface area contributed by atoms with Crippen molar-refractivity contribution in [3.8, 4) is 17.3 Å². The molecular formula is C29H37N5O5. The van der Waals surface area contributed by atoms with Gasteiger partial charge in [-0.3, -0.25) is 19.2 Å². The predicted octanol–water partition coefficient (Wildman–Crippen LogP) is 3.82. The van der Waals surface area contributed by atoms with Crippen LogP contribution in [0.15, 0.2) is 60.2 Å². The van der Waals surface area contributed by atoms with Crippen molar-refractivity contribution in [1.82, 2.24) is 25.7 Å². The van der Waals surface area contributed by atoms with Crippen LogP contribution in [-0.4, -0.2) is 60.2 Å². The van der Waals surface area contributed by atoms with E-state index in [1.807, 2.05) is 12.2 Å². The largest absolute Gasteiger partial charge is 0.481 e. The summed E-state index contributed by atoms with van der Waals surface area (Å²) in [6, 6.07) is 10.4. The van der Waals surface area contributed by atoms with E-state index < -0.39 is 11.8 Å². The quantitative estimate of drug-likeness (QED) is 0.145. The molecule has 0 spiro atoms. The van der Waals surface area contributed by atoms with Gasteiger partial charge >= 0.3 is 0 Å². The van der Waals surface area contributed by atoms with Crippen molar-refractivity contribution in [2.24, 2.45) is 5.92 Å². The van der Waals surface area contributed by atoms with Gasteiger partial charge in [-0.15, -0.1) is 0 Å². The molecule has 0 fully saturated rings. The summed E-state index contributed by atoms with van der Waals surface area (Å²) < 4.78 is 5.16. The zero-order valence-electron chi connectivity index (χ0n) is 22.6. The maximum absolute atomic E-state index is 13.0. The molecule has 2 aromatic heterocycles. The molecule has 3 amide bonds. The van der Waals surface area contributed by atoms with Gasteiger partial charge in [-0.2, -0.15) is 0 Å². The standard InChI is InChI=1S/C29H37N5O5/c1-3-4-6-13-23(18-34(21-35)39-19-22-11-7-5-8-12-22)28(36)30-20-31-29(37)26-16-9-14-24(32-26)25-15-10-17-27(33-25)38-2/h5,7,9-11,14-17,21,23H,3-4,6,8,12-13,18-20H2,1-2H3,(H,30,36)(H,31,37). The lowest BCUT2D eigenvalue weighted by Crippen LogP contribution is -2.43. The van der Waals surface area contributed by atoms with Gasteiger partial charge in [0, 0.05) is 6.07 Å². The Morgan fingerprint density at radius 3 is 2.62 bits per heavy atom. The minimum absolute atomic E-state index is 0.0770. The molecule has 1 unspecified atom stereocenters. The van der Waals surface area contributed by atoms with Crippen LogP contribution >= 0.6 is 0 Å². The molecule has 1 aliphatic carbocycles. The average molecular weight is 536 g/mol. The van der Waals surface area contributed by atoms with Gasteiger partial charge in [0.1, 0.15) is 5.69 Å². The topological polar surface area (TPSA) is 123 Å². The molecule has 3 rings (SSSR count). The van der Waals surface area contributed by atoms with Crippen LogP contribution in [0.3, 0.4) is 0 Å². The van der Waals surface area contributed by atoms with Crippen molar-refractivity contribution in [3.63, 3.8) is 0 Å². The van der Waals surface area contributed by atoms with Gasteiger partial charge in [0.2, 0.25) is 18.2 Å². The Bertz CT molecular complexity index is 1170. The molecule has 39 heavy (non-hydrogen) atoms. The highest BCUT2D eigenvalue weighted by Gasteiger charge is 2.22. The van der Waals surface area contributed by atoms with Gasteiger partial charge in [-0.25, -0.2) is 15.0 Å². The van der Waals surface area contributed by atoms with Crippen molar-refractivity contribution in [3.05, 3.63) is 65.9 Å². The lowest BCUT2D eigenvalue weighted by molar-refractivity contribution is -0.173. The molecule has 0 saturated carbocycles. The van der Waals surface area contributed by atoms with Crippen LogP contribution in [0.25, 0.3) is 11.4 Å². The van der Waals surface area contributed by atoms with Crippen LogP contribution in [0.4, 0.5) is 0 Å². The average Bonchev–Trinajstić information content (AvgIpc) is 2.98. The summed E-state index contributed by atoms with van der Waals surface area (Å²) in [5.74, 6) is -0.721. The summed E-state index contributed by atoms with van der Waals surface area (Å²) in [5, 5.41) is 6.63. The maximum Gasteiger partial charge on any atom is 0.271 e. The number of hydrogen-bond acceptors (Lipinski definition) is 7. The number of amides is 3. The Hall–Kier alpha value is -4.05. The Labute approximate surface area is 229 Å². The van der Waals surface area contributed by atoms with Gasteiger partial charge in [0.15, 0.2) is 0 Å². The molecule has 208 valence electrons. The van der Waals surface area contributed by atoms with Crippen LogP contribution in [0.1, 0.15) is 55.9 Å². The van der Waals surface area contributed by atoms with E-state index in [1.165, 1.54) is 12.2 Å².